The normalized spacial score (nSPS) is 10.5. The van der Waals surface area contributed by atoms with E-state index in [9.17, 15) is 4.79 Å². The molecule has 1 aromatic carbocycles. The van der Waals surface area contributed by atoms with E-state index in [1.807, 2.05) is 19.2 Å². The van der Waals surface area contributed by atoms with E-state index in [-0.39, 0.29) is 5.91 Å². The van der Waals surface area contributed by atoms with Crippen molar-refractivity contribution in [3.63, 3.8) is 0 Å². The number of aryl methyl sites for hydroxylation is 2. The number of carbonyl (C=O) groups excluding carboxylic acids is 1. The first kappa shape index (κ1) is 13.9. The number of amides is 1. The summed E-state index contributed by atoms with van der Waals surface area (Å²) < 4.78 is 1.56. The summed E-state index contributed by atoms with van der Waals surface area (Å²) in [5, 5.41) is 9.06. The van der Waals surface area contributed by atoms with Crippen LogP contribution >= 0.6 is 23.4 Å². The zero-order valence-electron chi connectivity index (χ0n) is 10.8. The third-order valence-electron chi connectivity index (χ3n) is 2.63. The summed E-state index contributed by atoms with van der Waals surface area (Å²) in [4.78, 5) is 12.1. The molecule has 0 aliphatic rings. The Labute approximate surface area is 120 Å². The van der Waals surface area contributed by atoms with Crippen LogP contribution in [0.5, 0.6) is 0 Å². The molecule has 5 nitrogen and oxygen atoms in total. The topological polar surface area (TPSA) is 59.8 Å². The molecule has 0 saturated carbocycles. The van der Waals surface area contributed by atoms with Crippen molar-refractivity contribution >= 4 is 29.3 Å². The summed E-state index contributed by atoms with van der Waals surface area (Å²) in [5.74, 6) is 0.371. The zero-order valence-corrected chi connectivity index (χ0v) is 12.3. The van der Waals surface area contributed by atoms with E-state index in [0.717, 1.165) is 5.56 Å². The monoisotopic (exact) mass is 296 g/mol. The van der Waals surface area contributed by atoms with Crippen molar-refractivity contribution in [3.05, 3.63) is 40.2 Å². The quantitative estimate of drug-likeness (QED) is 0.885. The highest BCUT2D eigenvalue weighted by Crippen LogP contribution is 2.17. The van der Waals surface area contributed by atoms with Crippen molar-refractivity contribution in [1.82, 2.24) is 14.9 Å². The Balaban J connectivity index is 2.25. The standard InChI is InChI=1S/C12H13ClN4OS/c1-7-4-5-9(6-10(7)13)11(18)16-17-8(2)14-15-12(17)19-3/h4-6H,1-3H3,(H,16,18). The van der Waals surface area contributed by atoms with Crippen LogP contribution in [0.1, 0.15) is 21.7 Å². The molecular formula is C12H13ClN4OS. The van der Waals surface area contributed by atoms with Gasteiger partial charge < -0.3 is 0 Å². The van der Waals surface area contributed by atoms with Gasteiger partial charge in [0.1, 0.15) is 5.82 Å². The Bertz CT molecular complexity index is 626. The second-order valence-electron chi connectivity index (χ2n) is 3.97. The zero-order chi connectivity index (χ0) is 14.0. The average Bonchev–Trinajstić information content (AvgIpc) is 2.74. The predicted octanol–water partition coefficient (Wildman–Crippen LogP) is 2.65. The number of benzene rings is 1. The van der Waals surface area contributed by atoms with Gasteiger partial charge in [-0.15, -0.1) is 10.2 Å². The molecule has 19 heavy (non-hydrogen) atoms. The largest absolute Gasteiger partial charge is 0.270 e. The number of hydrogen-bond acceptors (Lipinski definition) is 4. The third-order valence-corrected chi connectivity index (χ3v) is 3.66. The lowest BCUT2D eigenvalue weighted by Crippen LogP contribution is -2.24. The lowest BCUT2D eigenvalue weighted by molar-refractivity contribution is 0.101. The molecule has 1 N–H and O–H groups in total. The van der Waals surface area contributed by atoms with Crippen molar-refractivity contribution < 1.29 is 4.79 Å². The van der Waals surface area contributed by atoms with E-state index in [0.29, 0.717) is 21.6 Å². The van der Waals surface area contributed by atoms with Gasteiger partial charge in [-0.3, -0.25) is 10.2 Å². The van der Waals surface area contributed by atoms with Gasteiger partial charge in [-0.05, 0) is 37.8 Å². The number of thioether (sulfide) groups is 1. The maximum atomic E-state index is 12.1. The molecule has 0 unspecified atom stereocenters. The molecule has 1 heterocycles. The summed E-state index contributed by atoms with van der Waals surface area (Å²) in [6.45, 7) is 3.66. The molecular weight excluding hydrogens is 284 g/mol. The van der Waals surface area contributed by atoms with Crippen LogP contribution in [0.4, 0.5) is 0 Å². The molecule has 2 rings (SSSR count). The Morgan fingerprint density at radius 1 is 1.37 bits per heavy atom. The summed E-state index contributed by atoms with van der Waals surface area (Å²) >= 11 is 7.42. The minimum atomic E-state index is -0.250. The van der Waals surface area contributed by atoms with Crippen LogP contribution in [0.15, 0.2) is 23.4 Å². The van der Waals surface area contributed by atoms with Crippen LogP contribution in [-0.2, 0) is 0 Å². The van der Waals surface area contributed by atoms with Gasteiger partial charge in [-0.25, -0.2) is 4.68 Å². The molecule has 2 aromatic rings. The summed E-state index contributed by atoms with van der Waals surface area (Å²) in [6.07, 6.45) is 1.87. The second-order valence-corrected chi connectivity index (χ2v) is 5.15. The number of rotatable bonds is 3. The highest BCUT2D eigenvalue weighted by molar-refractivity contribution is 7.98. The molecule has 0 aliphatic heterocycles. The van der Waals surface area contributed by atoms with E-state index < -0.39 is 0 Å². The molecule has 0 spiro atoms. The molecule has 1 amide bonds. The van der Waals surface area contributed by atoms with Gasteiger partial charge in [-0.1, -0.05) is 29.4 Å². The van der Waals surface area contributed by atoms with E-state index in [1.54, 1.807) is 23.7 Å². The Kier molecular flexibility index (Phi) is 4.11. The van der Waals surface area contributed by atoms with Gasteiger partial charge in [0.25, 0.3) is 5.91 Å². The van der Waals surface area contributed by atoms with Crippen LogP contribution < -0.4 is 5.43 Å². The fraction of sp³-hybridized carbons (Fsp3) is 0.250. The van der Waals surface area contributed by atoms with Crippen molar-refractivity contribution in [2.24, 2.45) is 0 Å². The molecule has 0 radical (unpaired) electrons. The van der Waals surface area contributed by atoms with Crippen molar-refractivity contribution in [2.75, 3.05) is 11.7 Å². The molecule has 0 aliphatic carbocycles. The van der Waals surface area contributed by atoms with Gasteiger partial charge in [0.2, 0.25) is 5.16 Å². The Morgan fingerprint density at radius 3 is 2.74 bits per heavy atom. The molecule has 100 valence electrons. The van der Waals surface area contributed by atoms with Gasteiger partial charge in [0.15, 0.2) is 0 Å². The number of nitrogens with one attached hydrogen (secondary N) is 1. The predicted molar refractivity (Wildman–Crippen MR) is 76.4 cm³/mol. The third kappa shape index (κ3) is 2.90. The van der Waals surface area contributed by atoms with Crippen LogP contribution in [0, 0.1) is 13.8 Å². The fourth-order valence-corrected chi connectivity index (χ4v) is 2.17. The van der Waals surface area contributed by atoms with Crippen LogP contribution in [-0.4, -0.2) is 27.0 Å². The lowest BCUT2D eigenvalue weighted by atomic mass is 10.1. The number of halogens is 1. The number of nitrogens with zero attached hydrogens (tertiary/aromatic N) is 3. The number of aromatic nitrogens is 3. The molecule has 1 aromatic heterocycles. The van der Waals surface area contributed by atoms with Crippen LogP contribution in [0.2, 0.25) is 5.02 Å². The number of hydrogen-bond donors (Lipinski definition) is 1. The molecule has 0 saturated heterocycles. The summed E-state index contributed by atoms with van der Waals surface area (Å²) in [5.41, 5.74) is 4.18. The van der Waals surface area contributed by atoms with E-state index in [1.165, 1.54) is 11.8 Å². The molecule has 0 atom stereocenters. The molecule has 0 fully saturated rings. The minimum Gasteiger partial charge on any atom is -0.267 e. The Hall–Kier alpha value is -1.53. The van der Waals surface area contributed by atoms with Crippen molar-refractivity contribution in [2.45, 2.75) is 19.0 Å². The van der Waals surface area contributed by atoms with Gasteiger partial charge in [0.05, 0.1) is 0 Å². The van der Waals surface area contributed by atoms with Crippen molar-refractivity contribution in [3.8, 4) is 0 Å². The maximum absolute atomic E-state index is 12.1. The SMILES string of the molecule is CSc1nnc(C)n1NC(=O)c1ccc(C)c(Cl)c1. The van der Waals surface area contributed by atoms with Crippen molar-refractivity contribution in [1.29, 1.82) is 0 Å². The minimum absolute atomic E-state index is 0.250. The second kappa shape index (κ2) is 5.63. The van der Waals surface area contributed by atoms with E-state index in [2.05, 4.69) is 15.6 Å². The number of carbonyl (C=O) groups is 1. The summed E-state index contributed by atoms with van der Waals surface area (Å²) in [6, 6.07) is 5.19. The van der Waals surface area contributed by atoms with Gasteiger partial charge in [-0.2, -0.15) is 0 Å². The molecule has 0 bridgehead atoms. The maximum Gasteiger partial charge on any atom is 0.270 e. The first-order valence-corrected chi connectivity index (χ1v) is 7.16. The first-order chi connectivity index (χ1) is 9.02. The van der Waals surface area contributed by atoms with E-state index >= 15 is 0 Å². The average molecular weight is 297 g/mol. The lowest BCUT2D eigenvalue weighted by Gasteiger charge is -2.09. The van der Waals surface area contributed by atoms with Crippen LogP contribution in [0.3, 0.4) is 0 Å². The Morgan fingerprint density at radius 2 is 2.11 bits per heavy atom. The van der Waals surface area contributed by atoms with Gasteiger partial charge >= 0.3 is 0 Å². The van der Waals surface area contributed by atoms with Gasteiger partial charge in [0, 0.05) is 10.6 Å². The van der Waals surface area contributed by atoms with E-state index in [4.69, 9.17) is 11.6 Å². The highest BCUT2D eigenvalue weighted by atomic mass is 35.5. The fourth-order valence-electron chi connectivity index (χ4n) is 1.50. The smallest absolute Gasteiger partial charge is 0.267 e. The first-order valence-electron chi connectivity index (χ1n) is 5.56. The highest BCUT2D eigenvalue weighted by Gasteiger charge is 2.13. The summed E-state index contributed by atoms with van der Waals surface area (Å²) in [7, 11) is 0. The van der Waals surface area contributed by atoms with Crippen LogP contribution in [0.25, 0.3) is 0 Å². The molecule has 7 heteroatoms.